The minimum atomic E-state index is -3.77. The van der Waals surface area contributed by atoms with Crippen molar-refractivity contribution in [2.75, 3.05) is 5.32 Å². The number of rotatable bonds is 4. The Labute approximate surface area is 170 Å². The first-order valence-electron chi connectivity index (χ1n) is 8.61. The van der Waals surface area contributed by atoms with Gasteiger partial charge in [-0.25, -0.2) is 4.79 Å². The van der Waals surface area contributed by atoms with E-state index in [1.54, 1.807) is 30.3 Å². The highest BCUT2D eigenvalue weighted by Gasteiger charge is 2.28. The molecule has 1 heterocycles. The molecule has 0 aliphatic carbocycles. The number of anilines is 1. The van der Waals surface area contributed by atoms with Crippen molar-refractivity contribution >= 4 is 33.2 Å². The summed E-state index contributed by atoms with van der Waals surface area (Å²) in [5.41, 5.74) is 0.697. The van der Waals surface area contributed by atoms with E-state index >= 15 is 0 Å². The van der Waals surface area contributed by atoms with Gasteiger partial charge in [0.05, 0.1) is 10.5 Å². The van der Waals surface area contributed by atoms with Crippen molar-refractivity contribution in [3.05, 3.63) is 94.0 Å². The number of nitrogens with one attached hydrogen (secondary N) is 1. The Morgan fingerprint density at radius 2 is 1.77 bits per heavy atom. The van der Waals surface area contributed by atoms with Crippen molar-refractivity contribution < 1.29 is 22.9 Å². The molecule has 30 heavy (non-hydrogen) atoms. The molecule has 0 fully saturated rings. The van der Waals surface area contributed by atoms with E-state index in [-0.39, 0.29) is 27.7 Å². The van der Waals surface area contributed by atoms with Crippen LogP contribution in [0.5, 0.6) is 5.75 Å². The fourth-order valence-electron chi connectivity index (χ4n) is 2.88. The molecule has 0 saturated carbocycles. The minimum Gasteiger partial charge on any atom is -0.423 e. The maximum atomic E-state index is 12.3. The molecule has 10 heteroatoms. The van der Waals surface area contributed by atoms with Gasteiger partial charge in [-0.05, 0) is 30.3 Å². The molecule has 150 valence electrons. The monoisotopic (exact) mass is 423 g/mol. The van der Waals surface area contributed by atoms with Gasteiger partial charge in [0.2, 0.25) is 0 Å². The van der Waals surface area contributed by atoms with Gasteiger partial charge in [-0.2, -0.15) is 8.42 Å². The lowest BCUT2D eigenvalue weighted by Crippen LogP contribution is -2.12. The third-order valence-electron chi connectivity index (χ3n) is 4.23. The summed E-state index contributed by atoms with van der Waals surface area (Å²) in [6, 6.07) is 17.9. The molecule has 3 aromatic carbocycles. The molecule has 1 N–H and O–H groups in total. The van der Waals surface area contributed by atoms with Gasteiger partial charge in [0.15, 0.2) is 5.84 Å². The molecule has 0 aromatic heterocycles. The number of amidine groups is 1. The molecule has 0 saturated heterocycles. The lowest BCUT2D eigenvalue weighted by molar-refractivity contribution is -0.384. The Kier molecular flexibility index (Phi) is 4.76. The van der Waals surface area contributed by atoms with Gasteiger partial charge in [-0.15, -0.1) is 4.40 Å². The summed E-state index contributed by atoms with van der Waals surface area (Å²) in [5.74, 6) is -0.430. The summed E-state index contributed by atoms with van der Waals surface area (Å²) in [7, 11) is -3.77. The first kappa shape index (κ1) is 19.3. The van der Waals surface area contributed by atoms with E-state index in [1.807, 2.05) is 0 Å². The number of nitro benzene ring substituents is 1. The third-order valence-corrected chi connectivity index (χ3v) is 5.57. The smallest absolute Gasteiger partial charge is 0.343 e. The third kappa shape index (κ3) is 3.76. The zero-order valence-corrected chi connectivity index (χ0v) is 16.0. The van der Waals surface area contributed by atoms with E-state index in [1.165, 1.54) is 36.4 Å². The number of nitro groups is 1. The van der Waals surface area contributed by atoms with Crippen LogP contribution in [0.1, 0.15) is 15.9 Å². The molecule has 1 aliphatic rings. The Bertz CT molecular complexity index is 1320. The van der Waals surface area contributed by atoms with Crippen LogP contribution in [-0.2, 0) is 10.0 Å². The topological polar surface area (TPSA) is 128 Å². The normalized spacial score (nSPS) is 13.8. The van der Waals surface area contributed by atoms with Crippen molar-refractivity contribution in [3.63, 3.8) is 0 Å². The van der Waals surface area contributed by atoms with Gasteiger partial charge >= 0.3 is 5.97 Å². The zero-order chi connectivity index (χ0) is 21.3. The largest absolute Gasteiger partial charge is 0.423 e. The standard InChI is InChI=1S/C20H13N3O6S/c24-20(13-5-3-7-15(11-13)23(25)26)29-16-8-4-6-14(12-16)21-19-17-9-1-2-10-18(17)30(27,28)22-19/h1-12H,(H,21,22). The highest BCUT2D eigenvalue weighted by atomic mass is 32.2. The zero-order valence-electron chi connectivity index (χ0n) is 15.2. The average molecular weight is 423 g/mol. The number of nitrogens with zero attached hydrogens (tertiary/aromatic N) is 2. The van der Waals surface area contributed by atoms with Crippen LogP contribution >= 0.6 is 0 Å². The number of hydrogen-bond acceptors (Lipinski definition) is 7. The van der Waals surface area contributed by atoms with E-state index in [9.17, 15) is 23.3 Å². The first-order valence-corrected chi connectivity index (χ1v) is 10.1. The number of carbonyl (C=O) groups is 1. The molecular formula is C20H13N3O6S. The number of ether oxygens (including phenoxy) is 1. The van der Waals surface area contributed by atoms with Crippen LogP contribution in [0.3, 0.4) is 0 Å². The van der Waals surface area contributed by atoms with E-state index in [4.69, 9.17) is 4.74 Å². The number of carbonyl (C=O) groups excluding carboxylic acids is 1. The van der Waals surface area contributed by atoms with E-state index in [0.29, 0.717) is 11.3 Å². The van der Waals surface area contributed by atoms with E-state index < -0.39 is 20.9 Å². The Balaban J connectivity index is 1.55. The number of esters is 1. The van der Waals surface area contributed by atoms with Crippen LogP contribution in [-0.4, -0.2) is 25.1 Å². The predicted octanol–water partition coefficient (Wildman–Crippen LogP) is 3.38. The Hall–Kier alpha value is -4.05. The fraction of sp³-hybridized carbons (Fsp3) is 0. The highest BCUT2D eigenvalue weighted by Crippen LogP contribution is 2.27. The second-order valence-corrected chi connectivity index (χ2v) is 7.83. The molecule has 0 amide bonds. The van der Waals surface area contributed by atoms with Crippen molar-refractivity contribution in [1.82, 2.24) is 0 Å². The van der Waals surface area contributed by atoms with Crippen LogP contribution in [0.2, 0.25) is 0 Å². The van der Waals surface area contributed by atoms with Gasteiger partial charge in [0.25, 0.3) is 15.7 Å². The van der Waals surface area contributed by atoms with E-state index in [0.717, 1.165) is 6.07 Å². The minimum absolute atomic E-state index is 0.0303. The van der Waals surface area contributed by atoms with Gasteiger partial charge in [0.1, 0.15) is 10.6 Å². The molecule has 0 radical (unpaired) electrons. The Morgan fingerprint density at radius 3 is 2.57 bits per heavy atom. The second kappa shape index (κ2) is 7.41. The molecular weight excluding hydrogens is 410 g/mol. The Morgan fingerprint density at radius 1 is 1.00 bits per heavy atom. The van der Waals surface area contributed by atoms with Crippen molar-refractivity contribution in [3.8, 4) is 5.75 Å². The lowest BCUT2D eigenvalue weighted by Gasteiger charge is -2.09. The quantitative estimate of drug-likeness (QED) is 0.295. The van der Waals surface area contributed by atoms with E-state index in [2.05, 4.69) is 9.71 Å². The van der Waals surface area contributed by atoms with Crippen LogP contribution in [0.4, 0.5) is 11.4 Å². The summed E-state index contributed by atoms with van der Waals surface area (Å²) < 4.78 is 33.4. The molecule has 0 spiro atoms. The molecule has 0 bridgehead atoms. The summed E-state index contributed by atoms with van der Waals surface area (Å²) in [6.45, 7) is 0. The number of non-ortho nitro benzene ring substituents is 1. The number of hydrogen-bond donors (Lipinski definition) is 1. The highest BCUT2D eigenvalue weighted by molar-refractivity contribution is 7.90. The average Bonchev–Trinajstić information content (AvgIpc) is 2.98. The number of fused-ring (bicyclic) bond motifs is 1. The molecule has 9 nitrogen and oxygen atoms in total. The maximum absolute atomic E-state index is 12.3. The predicted molar refractivity (Wildman–Crippen MR) is 108 cm³/mol. The SMILES string of the molecule is O=C(Oc1cccc(NC2=NS(=O)(=O)c3ccccc32)c1)c1cccc([N+](=O)[O-])c1. The summed E-state index contributed by atoms with van der Waals surface area (Å²) >= 11 is 0. The summed E-state index contributed by atoms with van der Waals surface area (Å²) in [6.07, 6.45) is 0. The van der Waals surface area contributed by atoms with Gasteiger partial charge in [-0.1, -0.05) is 24.3 Å². The maximum Gasteiger partial charge on any atom is 0.343 e. The number of benzene rings is 3. The fourth-order valence-corrected chi connectivity index (χ4v) is 4.06. The summed E-state index contributed by atoms with van der Waals surface area (Å²) in [5, 5.41) is 13.8. The van der Waals surface area contributed by atoms with Crippen LogP contribution in [0, 0.1) is 10.1 Å². The molecule has 0 unspecified atom stereocenters. The lowest BCUT2D eigenvalue weighted by atomic mass is 10.2. The van der Waals surface area contributed by atoms with Crippen molar-refractivity contribution in [1.29, 1.82) is 0 Å². The first-order chi connectivity index (χ1) is 14.3. The van der Waals surface area contributed by atoms with Crippen LogP contribution in [0.25, 0.3) is 0 Å². The molecule has 3 aromatic rings. The summed E-state index contributed by atoms with van der Waals surface area (Å²) in [4.78, 5) is 22.7. The van der Waals surface area contributed by atoms with Crippen molar-refractivity contribution in [2.45, 2.75) is 4.90 Å². The van der Waals surface area contributed by atoms with Gasteiger partial charge in [0, 0.05) is 29.4 Å². The molecule has 4 rings (SSSR count). The van der Waals surface area contributed by atoms with Gasteiger partial charge < -0.3 is 10.1 Å². The molecule has 1 aliphatic heterocycles. The van der Waals surface area contributed by atoms with Crippen molar-refractivity contribution in [2.24, 2.45) is 4.40 Å². The number of sulfonamides is 1. The van der Waals surface area contributed by atoms with Crippen LogP contribution < -0.4 is 10.1 Å². The second-order valence-electron chi connectivity index (χ2n) is 6.26. The van der Waals surface area contributed by atoms with Gasteiger partial charge in [-0.3, -0.25) is 10.1 Å². The van der Waals surface area contributed by atoms with Crippen LogP contribution in [0.15, 0.2) is 82.1 Å². The molecule has 0 atom stereocenters.